The van der Waals surface area contributed by atoms with Gasteiger partial charge in [0.05, 0.1) is 39.5 Å². The third kappa shape index (κ3) is 8.63. The molecular weight excluding hydrogens is 783 g/mol. The van der Waals surface area contributed by atoms with Crippen LogP contribution in [0.25, 0.3) is 0 Å². The van der Waals surface area contributed by atoms with E-state index >= 15 is 0 Å². The second kappa shape index (κ2) is 18.8. The molecule has 340 valence electrons. The number of fused-ring (bicyclic) bond motifs is 5. The van der Waals surface area contributed by atoms with E-state index in [9.17, 15) is 9.90 Å². The Hall–Kier alpha value is -4.07. The monoisotopic (exact) mass is 858 g/mol. The molecular formula is C56H75NO6. The standard InChI is InChI=1S/C56H75NO6/c1-9-39(37(2)3)16-15-38(4)50-27-28-51-49-26-21-43-33-48(29-31-54(43,5)52(49)30-32-55(50,51)6)63-53(59)57-35-45(58)34-44(57)36-62-56(40-13-11-10-12-14-40,41-17-22-46(60-7)23-18-41)42-19-24-47(61-8)25-20-42/h10-25,37-39,44-45,48-52,58H,9,26-36H2,1-8H3/b16-15+/t38-,39?,44+,45-,48+,49+,50-,51+,52+,54+,55-/m1/s1. The lowest BCUT2D eigenvalue weighted by Crippen LogP contribution is -2.51. The summed E-state index contributed by atoms with van der Waals surface area (Å²) in [6, 6.07) is 25.8. The van der Waals surface area contributed by atoms with Crippen LogP contribution in [0.4, 0.5) is 4.79 Å². The molecule has 1 heterocycles. The van der Waals surface area contributed by atoms with Crippen LogP contribution < -0.4 is 9.47 Å². The Kier molecular flexibility index (Phi) is 13.6. The van der Waals surface area contributed by atoms with Gasteiger partial charge in [0.25, 0.3) is 0 Å². The van der Waals surface area contributed by atoms with Crippen LogP contribution in [0.3, 0.4) is 0 Å². The molecule has 4 aliphatic carbocycles. The fourth-order valence-electron chi connectivity index (χ4n) is 13.7. The first kappa shape index (κ1) is 45.5. The van der Waals surface area contributed by atoms with E-state index in [0.29, 0.717) is 35.5 Å². The molecule has 1 amide bonds. The molecule has 3 aromatic carbocycles. The van der Waals surface area contributed by atoms with Crippen LogP contribution in [0.2, 0.25) is 0 Å². The number of amides is 1. The predicted molar refractivity (Wildman–Crippen MR) is 252 cm³/mol. The highest BCUT2D eigenvalue weighted by molar-refractivity contribution is 5.69. The van der Waals surface area contributed by atoms with Crippen molar-refractivity contribution in [2.45, 2.75) is 130 Å². The maximum atomic E-state index is 14.3. The first-order chi connectivity index (χ1) is 30.3. The number of hydrogen-bond donors (Lipinski definition) is 1. The molecule has 0 aromatic heterocycles. The second-order valence-electron chi connectivity index (χ2n) is 20.8. The molecule has 1 unspecified atom stereocenters. The number of likely N-dealkylation sites (tertiary alicyclic amines) is 1. The Morgan fingerprint density at radius 1 is 0.841 bits per heavy atom. The van der Waals surface area contributed by atoms with Crippen LogP contribution >= 0.6 is 0 Å². The van der Waals surface area contributed by atoms with Crippen LogP contribution in [-0.4, -0.2) is 61.7 Å². The number of hydrogen-bond acceptors (Lipinski definition) is 6. The Morgan fingerprint density at radius 2 is 1.49 bits per heavy atom. The van der Waals surface area contributed by atoms with Crippen molar-refractivity contribution in [2.75, 3.05) is 27.4 Å². The van der Waals surface area contributed by atoms with Gasteiger partial charge in [-0.1, -0.05) is 120 Å². The predicted octanol–water partition coefficient (Wildman–Crippen LogP) is 12.4. The lowest BCUT2D eigenvalue weighted by molar-refractivity contribution is -0.0577. The fourth-order valence-corrected chi connectivity index (χ4v) is 13.7. The van der Waals surface area contributed by atoms with Gasteiger partial charge in [-0.2, -0.15) is 0 Å². The molecule has 1 saturated heterocycles. The van der Waals surface area contributed by atoms with Crippen LogP contribution in [0.15, 0.2) is 103 Å². The van der Waals surface area contributed by atoms with Gasteiger partial charge in [0.15, 0.2) is 0 Å². The molecule has 8 rings (SSSR count). The molecule has 63 heavy (non-hydrogen) atoms. The molecule has 1 aliphatic heterocycles. The molecule has 7 heteroatoms. The van der Waals surface area contributed by atoms with Gasteiger partial charge in [-0.3, -0.25) is 0 Å². The van der Waals surface area contributed by atoms with E-state index in [-0.39, 0.29) is 36.8 Å². The van der Waals surface area contributed by atoms with Gasteiger partial charge >= 0.3 is 6.09 Å². The van der Waals surface area contributed by atoms with E-state index in [0.717, 1.165) is 71.6 Å². The summed E-state index contributed by atoms with van der Waals surface area (Å²) in [5.41, 5.74) is 3.84. The zero-order valence-electron chi connectivity index (χ0n) is 39.4. The summed E-state index contributed by atoms with van der Waals surface area (Å²) in [5.74, 6) is 6.46. The van der Waals surface area contributed by atoms with Gasteiger partial charge < -0.3 is 29.0 Å². The minimum Gasteiger partial charge on any atom is -0.497 e. The third-order valence-corrected chi connectivity index (χ3v) is 17.3. The summed E-state index contributed by atoms with van der Waals surface area (Å²) < 4.78 is 24.7. The van der Waals surface area contributed by atoms with Crippen molar-refractivity contribution in [3.05, 3.63) is 119 Å². The maximum absolute atomic E-state index is 14.3. The Bertz CT molecular complexity index is 2010. The number of ether oxygens (including phenoxy) is 4. The summed E-state index contributed by atoms with van der Waals surface area (Å²) in [6.45, 7) is 15.2. The Labute approximate surface area is 378 Å². The van der Waals surface area contributed by atoms with Gasteiger partial charge in [-0.05, 0) is 151 Å². The van der Waals surface area contributed by atoms with Crippen molar-refractivity contribution in [1.29, 1.82) is 0 Å². The van der Waals surface area contributed by atoms with Crippen LogP contribution in [0.5, 0.6) is 11.5 Å². The Balaban J connectivity index is 0.964. The average Bonchev–Trinajstić information content (AvgIpc) is 3.86. The summed E-state index contributed by atoms with van der Waals surface area (Å²) >= 11 is 0. The zero-order valence-corrected chi connectivity index (χ0v) is 39.4. The van der Waals surface area contributed by atoms with Gasteiger partial charge in [-0.25, -0.2) is 4.79 Å². The molecule has 0 spiro atoms. The van der Waals surface area contributed by atoms with Crippen LogP contribution in [0.1, 0.15) is 122 Å². The van der Waals surface area contributed by atoms with E-state index in [1.54, 1.807) is 19.1 Å². The van der Waals surface area contributed by atoms with Crippen molar-refractivity contribution in [2.24, 2.45) is 52.3 Å². The molecule has 7 nitrogen and oxygen atoms in total. The summed E-state index contributed by atoms with van der Waals surface area (Å²) in [6.07, 6.45) is 17.4. The summed E-state index contributed by atoms with van der Waals surface area (Å²) in [5, 5.41) is 11.1. The highest BCUT2D eigenvalue weighted by atomic mass is 16.6. The number of carbonyl (C=O) groups is 1. The lowest BCUT2D eigenvalue weighted by Gasteiger charge is -2.58. The van der Waals surface area contributed by atoms with Crippen molar-refractivity contribution < 1.29 is 28.8 Å². The first-order valence-electron chi connectivity index (χ1n) is 24.4. The number of benzene rings is 3. The minimum absolute atomic E-state index is 0.159. The van der Waals surface area contributed by atoms with Crippen molar-refractivity contribution in [3.8, 4) is 11.5 Å². The van der Waals surface area contributed by atoms with Crippen molar-refractivity contribution >= 4 is 6.09 Å². The number of aliphatic hydroxyl groups excluding tert-OH is 1. The highest BCUT2D eigenvalue weighted by Crippen LogP contribution is 2.67. The number of aliphatic hydroxyl groups is 1. The maximum Gasteiger partial charge on any atom is 0.410 e. The molecule has 11 atom stereocenters. The SMILES string of the molecule is CCC(/C=C/[C@@H](C)[C@H]1CC[C@H]2[C@@H]3CC=C4C[C@@H](OC(=O)N5C[C@H](O)C[C@H]5COC(c5ccccc5)(c5ccc(OC)cc5)c5ccc(OC)cc5)CC[C@]4(C)[C@H]3CC[C@]12C)C(C)C. The van der Waals surface area contributed by atoms with E-state index in [1.165, 1.54) is 37.7 Å². The molecule has 4 fully saturated rings. The number of allylic oxidation sites excluding steroid dienone is 3. The number of methoxy groups -OCH3 is 2. The summed E-state index contributed by atoms with van der Waals surface area (Å²) in [7, 11) is 3.33. The lowest BCUT2D eigenvalue weighted by atomic mass is 9.47. The van der Waals surface area contributed by atoms with E-state index < -0.39 is 11.7 Å². The molecule has 0 radical (unpaired) electrons. The molecule has 5 aliphatic rings. The van der Waals surface area contributed by atoms with Crippen LogP contribution in [-0.2, 0) is 15.1 Å². The fraction of sp³-hybridized carbons (Fsp3) is 0.589. The molecule has 1 N–H and O–H groups in total. The molecule has 3 aromatic rings. The zero-order chi connectivity index (χ0) is 44.5. The van der Waals surface area contributed by atoms with Gasteiger partial charge in [0.2, 0.25) is 0 Å². The Morgan fingerprint density at radius 3 is 2.11 bits per heavy atom. The number of nitrogens with zero attached hydrogens (tertiary/aromatic N) is 1. The number of carbonyl (C=O) groups excluding carboxylic acids is 1. The normalized spacial score (nSPS) is 31.5. The van der Waals surface area contributed by atoms with E-state index in [1.807, 2.05) is 66.7 Å². The van der Waals surface area contributed by atoms with E-state index in [4.69, 9.17) is 18.9 Å². The van der Waals surface area contributed by atoms with Crippen molar-refractivity contribution in [3.63, 3.8) is 0 Å². The number of β-amino-alcohol motifs (C(OH)–C–C–N with tert-alkyl or cyclic N) is 1. The topological polar surface area (TPSA) is 77.5 Å². The average molecular weight is 858 g/mol. The summed E-state index contributed by atoms with van der Waals surface area (Å²) in [4.78, 5) is 16.0. The van der Waals surface area contributed by atoms with E-state index in [2.05, 4.69) is 71.9 Å². The van der Waals surface area contributed by atoms with Gasteiger partial charge in [-0.15, -0.1) is 0 Å². The number of rotatable bonds is 14. The molecule has 3 saturated carbocycles. The quantitative estimate of drug-likeness (QED) is 0.129. The smallest absolute Gasteiger partial charge is 0.410 e. The highest BCUT2D eigenvalue weighted by Gasteiger charge is 2.59. The minimum atomic E-state index is -1.03. The third-order valence-electron chi connectivity index (χ3n) is 17.3. The first-order valence-corrected chi connectivity index (χ1v) is 24.4. The molecule has 0 bridgehead atoms. The largest absolute Gasteiger partial charge is 0.497 e. The van der Waals surface area contributed by atoms with Gasteiger partial charge in [0.1, 0.15) is 23.2 Å². The van der Waals surface area contributed by atoms with Gasteiger partial charge in [0, 0.05) is 6.42 Å². The second-order valence-corrected chi connectivity index (χ2v) is 20.8. The van der Waals surface area contributed by atoms with Crippen molar-refractivity contribution in [1.82, 2.24) is 4.90 Å². The van der Waals surface area contributed by atoms with Crippen LogP contribution in [0, 0.1) is 52.3 Å².